The molecule has 3 rings (SSSR count). The second kappa shape index (κ2) is 4.70. The van der Waals surface area contributed by atoms with Crippen molar-refractivity contribution >= 4 is 11.8 Å². The summed E-state index contributed by atoms with van der Waals surface area (Å²) in [7, 11) is 0. The van der Waals surface area contributed by atoms with Crippen LogP contribution in [0.15, 0.2) is 41.5 Å². The Morgan fingerprint density at radius 2 is 2.10 bits per heavy atom. The van der Waals surface area contributed by atoms with Crippen molar-refractivity contribution in [3.05, 3.63) is 52.8 Å². The molecule has 0 radical (unpaired) electrons. The number of nitrogens with one attached hydrogen (secondary N) is 2. The van der Waals surface area contributed by atoms with E-state index in [2.05, 4.69) is 15.3 Å². The summed E-state index contributed by atoms with van der Waals surface area (Å²) in [6, 6.07) is 7.06. The highest BCUT2D eigenvalue weighted by Gasteiger charge is 2.30. The Morgan fingerprint density at radius 3 is 2.90 bits per heavy atom. The SMILES string of the molecule is FC(F)(F)c1cccc(NC2CC=c3cc[nH]c3=N2)c1. The molecule has 0 fully saturated rings. The number of aromatic amines is 1. The van der Waals surface area contributed by atoms with Gasteiger partial charge in [0.2, 0.25) is 0 Å². The molecule has 1 aliphatic heterocycles. The zero-order chi connectivity index (χ0) is 14.2. The van der Waals surface area contributed by atoms with Crippen molar-refractivity contribution in [1.82, 2.24) is 4.98 Å². The van der Waals surface area contributed by atoms with Crippen LogP contribution in [0.5, 0.6) is 0 Å². The maximum Gasteiger partial charge on any atom is 0.416 e. The van der Waals surface area contributed by atoms with Crippen LogP contribution in [-0.2, 0) is 6.18 Å². The van der Waals surface area contributed by atoms with Gasteiger partial charge in [0.25, 0.3) is 0 Å². The molecule has 1 aliphatic rings. The average Bonchev–Trinajstić information content (AvgIpc) is 2.85. The molecule has 104 valence electrons. The number of hydrogen-bond acceptors (Lipinski definition) is 2. The highest BCUT2D eigenvalue weighted by atomic mass is 19.4. The molecule has 0 saturated heterocycles. The fraction of sp³-hybridized carbons (Fsp3) is 0.214. The molecule has 3 nitrogen and oxygen atoms in total. The molecule has 2 N–H and O–H groups in total. The van der Waals surface area contributed by atoms with Crippen LogP contribution in [0.4, 0.5) is 18.9 Å². The number of benzene rings is 1. The second-order valence-electron chi connectivity index (χ2n) is 4.59. The minimum Gasteiger partial charge on any atom is -0.363 e. The summed E-state index contributed by atoms with van der Waals surface area (Å²) < 4.78 is 37.9. The van der Waals surface area contributed by atoms with Crippen LogP contribution in [0.2, 0.25) is 0 Å². The topological polar surface area (TPSA) is 40.2 Å². The fourth-order valence-electron chi connectivity index (χ4n) is 2.17. The van der Waals surface area contributed by atoms with Crippen molar-refractivity contribution in [3.63, 3.8) is 0 Å². The minimum atomic E-state index is -4.33. The summed E-state index contributed by atoms with van der Waals surface area (Å²) >= 11 is 0. The third-order valence-corrected chi connectivity index (χ3v) is 3.13. The van der Waals surface area contributed by atoms with E-state index in [-0.39, 0.29) is 6.17 Å². The quantitative estimate of drug-likeness (QED) is 0.870. The largest absolute Gasteiger partial charge is 0.416 e. The highest BCUT2D eigenvalue weighted by molar-refractivity contribution is 5.48. The normalized spacial score (nSPS) is 17.9. The molecule has 1 aromatic heterocycles. The molecule has 1 aromatic carbocycles. The van der Waals surface area contributed by atoms with E-state index in [9.17, 15) is 13.2 Å². The average molecular weight is 279 g/mol. The number of halogens is 3. The summed E-state index contributed by atoms with van der Waals surface area (Å²) in [5.41, 5.74) is 0.501. The number of anilines is 1. The first kappa shape index (κ1) is 12.8. The number of fused-ring (bicyclic) bond motifs is 1. The smallest absolute Gasteiger partial charge is 0.363 e. The van der Waals surface area contributed by atoms with Crippen LogP contribution < -0.4 is 16.0 Å². The van der Waals surface area contributed by atoms with Gasteiger partial charge in [-0.1, -0.05) is 12.1 Å². The lowest BCUT2D eigenvalue weighted by molar-refractivity contribution is -0.137. The van der Waals surface area contributed by atoms with Crippen molar-refractivity contribution in [2.45, 2.75) is 18.8 Å². The maximum absolute atomic E-state index is 12.6. The molecule has 2 heterocycles. The third kappa shape index (κ3) is 2.54. The van der Waals surface area contributed by atoms with Crippen LogP contribution in [0, 0.1) is 0 Å². The number of aromatic nitrogens is 1. The van der Waals surface area contributed by atoms with E-state index >= 15 is 0 Å². The van der Waals surface area contributed by atoms with E-state index in [0.717, 1.165) is 22.8 Å². The first-order valence-corrected chi connectivity index (χ1v) is 6.17. The van der Waals surface area contributed by atoms with Crippen LogP contribution >= 0.6 is 0 Å². The summed E-state index contributed by atoms with van der Waals surface area (Å²) in [5.74, 6) is 0. The van der Waals surface area contributed by atoms with Gasteiger partial charge in [-0.15, -0.1) is 0 Å². The summed E-state index contributed by atoms with van der Waals surface area (Å²) in [6.07, 6.45) is -0.160. The predicted molar refractivity (Wildman–Crippen MR) is 69.5 cm³/mol. The molecular weight excluding hydrogens is 267 g/mol. The molecule has 2 aromatic rings. The van der Waals surface area contributed by atoms with Crippen molar-refractivity contribution < 1.29 is 13.2 Å². The number of nitrogens with zero attached hydrogens (tertiary/aromatic N) is 1. The predicted octanol–water partition coefficient (Wildman–Crippen LogP) is 2.28. The van der Waals surface area contributed by atoms with Crippen molar-refractivity contribution in [2.24, 2.45) is 4.99 Å². The Balaban J connectivity index is 1.83. The van der Waals surface area contributed by atoms with Crippen LogP contribution in [-0.4, -0.2) is 11.1 Å². The van der Waals surface area contributed by atoms with Gasteiger partial charge < -0.3 is 10.3 Å². The first-order valence-electron chi connectivity index (χ1n) is 6.17. The van der Waals surface area contributed by atoms with Gasteiger partial charge in [0.1, 0.15) is 11.7 Å². The molecule has 0 amide bonds. The summed E-state index contributed by atoms with van der Waals surface area (Å²) in [4.78, 5) is 7.40. The number of hydrogen-bond donors (Lipinski definition) is 2. The van der Waals surface area contributed by atoms with E-state index in [1.807, 2.05) is 12.1 Å². The highest BCUT2D eigenvalue weighted by Crippen LogP contribution is 2.30. The zero-order valence-corrected chi connectivity index (χ0v) is 10.4. The molecule has 1 unspecified atom stereocenters. The van der Waals surface area contributed by atoms with Crippen LogP contribution in [0.1, 0.15) is 12.0 Å². The first-order chi connectivity index (χ1) is 9.52. The molecule has 0 aliphatic carbocycles. The molecule has 0 spiro atoms. The van der Waals surface area contributed by atoms with E-state index in [1.165, 1.54) is 6.07 Å². The Hall–Kier alpha value is -2.24. The molecule has 20 heavy (non-hydrogen) atoms. The van der Waals surface area contributed by atoms with Crippen molar-refractivity contribution in [2.75, 3.05) is 5.32 Å². The Morgan fingerprint density at radius 1 is 1.25 bits per heavy atom. The lowest BCUT2D eigenvalue weighted by Gasteiger charge is -2.17. The van der Waals surface area contributed by atoms with Gasteiger partial charge in [-0.05, 0) is 24.3 Å². The molecule has 0 saturated carbocycles. The van der Waals surface area contributed by atoms with Gasteiger partial charge in [0.15, 0.2) is 0 Å². The third-order valence-electron chi connectivity index (χ3n) is 3.13. The minimum absolute atomic E-state index is 0.260. The van der Waals surface area contributed by atoms with E-state index < -0.39 is 11.7 Å². The lowest BCUT2D eigenvalue weighted by atomic mass is 10.1. The molecule has 6 heteroatoms. The summed E-state index contributed by atoms with van der Waals surface area (Å²) in [6.45, 7) is 0. The molecular formula is C14H12F3N3. The standard InChI is InChI=1S/C14H12F3N3/c15-14(16,17)10-2-1-3-11(8-10)19-12-5-4-9-6-7-18-13(9)20-12/h1-4,6-8,12,19H,5H2,(H,18,20). The number of H-pyrrole nitrogens is 1. The molecule has 0 bridgehead atoms. The van der Waals surface area contributed by atoms with E-state index in [4.69, 9.17) is 0 Å². The van der Waals surface area contributed by atoms with Crippen LogP contribution in [0.3, 0.4) is 0 Å². The molecule has 1 atom stereocenters. The maximum atomic E-state index is 12.6. The van der Waals surface area contributed by atoms with Crippen molar-refractivity contribution in [3.8, 4) is 0 Å². The zero-order valence-electron chi connectivity index (χ0n) is 10.4. The lowest BCUT2D eigenvalue weighted by Crippen LogP contribution is -2.33. The Bertz CT molecular complexity index is 731. The van der Waals surface area contributed by atoms with E-state index in [0.29, 0.717) is 12.1 Å². The Kier molecular flexibility index (Phi) is 3.00. The fourth-order valence-corrected chi connectivity index (χ4v) is 2.17. The van der Waals surface area contributed by atoms with Gasteiger partial charge >= 0.3 is 6.18 Å². The number of rotatable bonds is 2. The van der Waals surface area contributed by atoms with E-state index in [1.54, 1.807) is 12.3 Å². The van der Waals surface area contributed by atoms with Gasteiger partial charge in [0.05, 0.1) is 5.56 Å². The van der Waals surface area contributed by atoms with Gasteiger partial charge in [0, 0.05) is 23.5 Å². The van der Waals surface area contributed by atoms with Gasteiger partial charge in [-0.3, -0.25) is 0 Å². The van der Waals surface area contributed by atoms with Crippen molar-refractivity contribution in [1.29, 1.82) is 0 Å². The second-order valence-corrected chi connectivity index (χ2v) is 4.59. The van der Waals surface area contributed by atoms with Crippen LogP contribution in [0.25, 0.3) is 6.08 Å². The number of alkyl halides is 3. The Labute approximate surface area is 112 Å². The summed E-state index contributed by atoms with van der Waals surface area (Å²) in [5, 5.41) is 4.03. The van der Waals surface area contributed by atoms with Gasteiger partial charge in [-0.25, -0.2) is 4.99 Å². The van der Waals surface area contributed by atoms with Gasteiger partial charge in [-0.2, -0.15) is 13.2 Å². The monoisotopic (exact) mass is 279 g/mol.